The van der Waals surface area contributed by atoms with Crippen LogP contribution in [-0.4, -0.2) is 15.0 Å². The minimum Gasteiger partial charge on any atom is -0.493 e. The van der Waals surface area contributed by atoms with Crippen molar-refractivity contribution < 1.29 is 17.6 Å². The molecule has 0 fully saturated rings. The smallest absolute Gasteiger partial charge is 0.261 e. The van der Waals surface area contributed by atoms with Crippen molar-refractivity contribution in [3.63, 3.8) is 0 Å². The Kier molecular flexibility index (Phi) is 2.82. The molecule has 4 nitrogen and oxygen atoms in total. The summed E-state index contributed by atoms with van der Waals surface area (Å²) >= 11 is 0. The van der Waals surface area contributed by atoms with Crippen LogP contribution in [0.25, 0.3) is 11.0 Å². The molecule has 6 heteroatoms. The minimum atomic E-state index is -3.78. The van der Waals surface area contributed by atoms with Gasteiger partial charge >= 0.3 is 0 Å². The lowest BCUT2D eigenvalue weighted by atomic mass is 10.2. The molecular formula is C10H9ClO4S. The van der Waals surface area contributed by atoms with Crippen LogP contribution in [0.2, 0.25) is 0 Å². The molecule has 0 atom stereocenters. The first-order valence-corrected chi connectivity index (χ1v) is 6.92. The number of hydrogen-bond donors (Lipinski definition) is 0. The van der Waals surface area contributed by atoms with Gasteiger partial charge < -0.3 is 9.15 Å². The largest absolute Gasteiger partial charge is 0.493 e. The van der Waals surface area contributed by atoms with Crippen LogP contribution >= 0.6 is 10.7 Å². The van der Waals surface area contributed by atoms with Gasteiger partial charge in [-0.05, 0) is 13.0 Å². The third kappa shape index (κ3) is 2.01. The molecule has 16 heavy (non-hydrogen) atoms. The van der Waals surface area contributed by atoms with Gasteiger partial charge in [0.25, 0.3) is 9.05 Å². The number of fused-ring (bicyclic) bond motifs is 1. The fraction of sp³-hybridized carbons (Fsp3) is 0.200. The Morgan fingerprint density at radius 1 is 1.44 bits per heavy atom. The molecule has 86 valence electrons. The summed E-state index contributed by atoms with van der Waals surface area (Å²) in [6.07, 6.45) is 1.47. The normalized spacial score (nSPS) is 11.9. The molecule has 0 N–H and O–H groups in total. The highest BCUT2D eigenvalue weighted by atomic mass is 35.7. The Balaban J connectivity index is 2.71. The first-order valence-electron chi connectivity index (χ1n) is 4.61. The Morgan fingerprint density at radius 2 is 2.19 bits per heavy atom. The number of rotatable bonds is 3. The zero-order valence-electron chi connectivity index (χ0n) is 8.44. The molecule has 0 spiro atoms. The maximum absolute atomic E-state index is 11.2. The van der Waals surface area contributed by atoms with Crippen LogP contribution in [0.3, 0.4) is 0 Å². The van der Waals surface area contributed by atoms with Gasteiger partial charge in [-0.15, -0.1) is 0 Å². The minimum absolute atomic E-state index is 0.0277. The van der Waals surface area contributed by atoms with Crippen LogP contribution < -0.4 is 4.74 Å². The van der Waals surface area contributed by atoms with E-state index in [0.29, 0.717) is 17.9 Å². The van der Waals surface area contributed by atoms with E-state index < -0.39 is 9.05 Å². The highest BCUT2D eigenvalue weighted by Gasteiger charge is 2.15. The van der Waals surface area contributed by atoms with E-state index in [0.717, 1.165) is 5.39 Å². The van der Waals surface area contributed by atoms with E-state index in [1.807, 2.05) is 6.92 Å². The molecule has 0 amide bonds. The standard InChI is InChI=1S/C10H9ClO4S/c1-2-14-9-5-7(16(11,12)13)6-10-8(9)3-4-15-10/h3-6H,2H2,1H3. The summed E-state index contributed by atoms with van der Waals surface area (Å²) in [5.74, 6) is 0.452. The molecule has 1 aromatic carbocycles. The second-order valence-corrected chi connectivity index (χ2v) is 5.69. The third-order valence-corrected chi connectivity index (χ3v) is 3.42. The van der Waals surface area contributed by atoms with Crippen molar-refractivity contribution >= 4 is 30.7 Å². The lowest BCUT2D eigenvalue weighted by Crippen LogP contribution is -1.95. The van der Waals surface area contributed by atoms with Gasteiger partial charge in [0, 0.05) is 22.8 Å². The van der Waals surface area contributed by atoms with Crippen LogP contribution in [0.4, 0.5) is 0 Å². The van der Waals surface area contributed by atoms with Crippen molar-refractivity contribution in [2.24, 2.45) is 0 Å². The second-order valence-electron chi connectivity index (χ2n) is 3.12. The zero-order valence-corrected chi connectivity index (χ0v) is 10.0. The van der Waals surface area contributed by atoms with Gasteiger partial charge in [-0.25, -0.2) is 8.42 Å². The van der Waals surface area contributed by atoms with Crippen LogP contribution in [0, 0.1) is 0 Å². The Morgan fingerprint density at radius 3 is 2.81 bits per heavy atom. The quantitative estimate of drug-likeness (QED) is 0.797. The van der Waals surface area contributed by atoms with E-state index in [1.54, 1.807) is 6.07 Å². The van der Waals surface area contributed by atoms with Crippen molar-refractivity contribution in [1.29, 1.82) is 0 Å². The number of ether oxygens (including phenoxy) is 1. The predicted molar refractivity (Wildman–Crippen MR) is 60.4 cm³/mol. The molecule has 1 aromatic heterocycles. The highest BCUT2D eigenvalue weighted by molar-refractivity contribution is 8.13. The van der Waals surface area contributed by atoms with Gasteiger partial charge in [-0.2, -0.15) is 0 Å². The summed E-state index contributed by atoms with van der Waals surface area (Å²) < 4.78 is 32.9. The van der Waals surface area contributed by atoms with E-state index in [-0.39, 0.29) is 4.90 Å². The molecule has 2 aromatic rings. The molecule has 0 aliphatic rings. The number of halogens is 1. The maximum Gasteiger partial charge on any atom is 0.261 e. The van der Waals surface area contributed by atoms with Gasteiger partial charge in [0.1, 0.15) is 11.3 Å². The number of hydrogen-bond acceptors (Lipinski definition) is 4. The topological polar surface area (TPSA) is 56.5 Å². The van der Waals surface area contributed by atoms with Crippen molar-refractivity contribution in [1.82, 2.24) is 0 Å². The van der Waals surface area contributed by atoms with Crippen LogP contribution in [0.5, 0.6) is 5.75 Å². The van der Waals surface area contributed by atoms with Gasteiger partial charge in [0.2, 0.25) is 0 Å². The average Bonchev–Trinajstić information content (AvgIpc) is 2.64. The summed E-state index contributed by atoms with van der Waals surface area (Å²) in [6.45, 7) is 2.25. The predicted octanol–water partition coefficient (Wildman–Crippen LogP) is 2.76. The summed E-state index contributed by atoms with van der Waals surface area (Å²) in [5, 5.41) is 0.728. The average molecular weight is 261 g/mol. The van der Waals surface area contributed by atoms with Crippen molar-refractivity contribution in [2.45, 2.75) is 11.8 Å². The molecule has 0 unspecified atom stereocenters. The lowest BCUT2D eigenvalue weighted by Gasteiger charge is -2.05. The molecule has 0 aliphatic carbocycles. The van der Waals surface area contributed by atoms with E-state index in [1.165, 1.54) is 18.4 Å². The maximum atomic E-state index is 11.2. The van der Waals surface area contributed by atoms with Gasteiger partial charge in [-0.3, -0.25) is 0 Å². The molecule has 0 aliphatic heterocycles. The Labute approximate surface area is 97.2 Å². The van der Waals surface area contributed by atoms with Crippen molar-refractivity contribution in [3.8, 4) is 5.75 Å². The first-order chi connectivity index (χ1) is 7.52. The van der Waals surface area contributed by atoms with Gasteiger partial charge in [0.15, 0.2) is 0 Å². The van der Waals surface area contributed by atoms with E-state index in [9.17, 15) is 8.42 Å². The van der Waals surface area contributed by atoms with Crippen molar-refractivity contribution in [3.05, 3.63) is 24.5 Å². The van der Waals surface area contributed by atoms with E-state index >= 15 is 0 Å². The second kappa shape index (κ2) is 3.99. The monoisotopic (exact) mass is 260 g/mol. The van der Waals surface area contributed by atoms with Gasteiger partial charge in [0.05, 0.1) is 23.2 Å². The van der Waals surface area contributed by atoms with E-state index in [4.69, 9.17) is 19.8 Å². The highest BCUT2D eigenvalue weighted by Crippen LogP contribution is 2.31. The van der Waals surface area contributed by atoms with Crippen LogP contribution in [-0.2, 0) is 9.05 Å². The zero-order chi connectivity index (χ0) is 11.8. The fourth-order valence-electron chi connectivity index (χ4n) is 1.43. The third-order valence-electron chi connectivity index (χ3n) is 2.09. The fourth-order valence-corrected chi connectivity index (χ4v) is 2.19. The molecule has 0 saturated heterocycles. The molecule has 0 saturated carbocycles. The Hall–Kier alpha value is -1.20. The van der Waals surface area contributed by atoms with Gasteiger partial charge in [-0.1, -0.05) is 0 Å². The summed E-state index contributed by atoms with van der Waals surface area (Å²) in [6, 6.07) is 4.48. The summed E-state index contributed by atoms with van der Waals surface area (Å²) in [5.41, 5.74) is 0.435. The number of benzene rings is 1. The summed E-state index contributed by atoms with van der Waals surface area (Å²) in [4.78, 5) is -0.0277. The summed E-state index contributed by atoms with van der Waals surface area (Å²) in [7, 11) is 1.49. The molecule has 0 radical (unpaired) electrons. The van der Waals surface area contributed by atoms with Crippen molar-refractivity contribution in [2.75, 3.05) is 6.61 Å². The van der Waals surface area contributed by atoms with Crippen LogP contribution in [0.15, 0.2) is 33.8 Å². The number of furan rings is 1. The van der Waals surface area contributed by atoms with Crippen LogP contribution in [0.1, 0.15) is 6.92 Å². The lowest BCUT2D eigenvalue weighted by molar-refractivity contribution is 0.343. The molecule has 2 rings (SSSR count). The van der Waals surface area contributed by atoms with E-state index in [2.05, 4.69) is 0 Å². The first kappa shape index (κ1) is 11.3. The SMILES string of the molecule is CCOc1cc(S(=O)(=O)Cl)cc2occc12. The Bertz CT molecular complexity index is 615. The molecule has 1 heterocycles. The molecular weight excluding hydrogens is 252 g/mol. The molecule has 0 bridgehead atoms.